The first-order valence-electron chi connectivity index (χ1n) is 8.90. The molecule has 0 radical (unpaired) electrons. The van der Waals surface area contributed by atoms with Crippen LogP contribution in [0.25, 0.3) is 11.4 Å². The summed E-state index contributed by atoms with van der Waals surface area (Å²) < 4.78 is 15.2. The maximum absolute atomic E-state index is 13.2. The molecule has 0 bridgehead atoms. The SMILES string of the molecule is CC(C)Cn1c(SCC(=O)Nc2ccc(F)c(Cl)c2)nnc1-c1ccc(Cl)cc1. The van der Waals surface area contributed by atoms with E-state index in [2.05, 4.69) is 29.4 Å². The molecule has 29 heavy (non-hydrogen) atoms. The Morgan fingerprint density at radius 1 is 1.17 bits per heavy atom. The van der Waals surface area contributed by atoms with Crippen LogP contribution in [0.3, 0.4) is 0 Å². The average Bonchev–Trinajstić information content (AvgIpc) is 3.05. The second kappa shape index (κ2) is 9.61. The summed E-state index contributed by atoms with van der Waals surface area (Å²) in [6, 6.07) is 11.4. The molecule has 1 heterocycles. The molecule has 0 unspecified atom stereocenters. The van der Waals surface area contributed by atoms with Gasteiger partial charge in [-0.25, -0.2) is 4.39 Å². The zero-order valence-corrected chi connectivity index (χ0v) is 18.2. The number of thioether (sulfide) groups is 1. The monoisotopic (exact) mass is 452 g/mol. The highest BCUT2D eigenvalue weighted by molar-refractivity contribution is 7.99. The zero-order chi connectivity index (χ0) is 21.0. The molecular weight excluding hydrogens is 434 g/mol. The second-order valence-corrected chi connectivity index (χ2v) is 8.57. The van der Waals surface area contributed by atoms with E-state index in [1.165, 1.54) is 30.0 Å². The Hall–Kier alpha value is -2.09. The van der Waals surface area contributed by atoms with Crippen LogP contribution >= 0.6 is 35.0 Å². The summed E-state index contributed by atoms with van der Waals surface area (Å²) in [5.41, 5.74) is 1.34. The van der Waals surface area contributed by atoms with Gasteiger partial charge >= 0.3 is 0 Å². The minimum absolute atomic E-state index is 0.0419. The van der Waals surface area contributed by atoms with Crippen LogP contribution in [0, 0.1) is 11.7 Å². The molecule has 152 valence electrons. The highest BCUT2D eigenvalue weighted by Gasteiger charge is 2.17. The fourth-order valence-corrected chi connectivity index (χ4v) is 3.69. The largest absolute Gasteiger partial charge is 0.325 e. The number of benzene rings is 2. The van der Waals surface area contributed by atoms with E-state index in [-0.39, 0.29) is 16.7 Å². The quantitative estimate of drug-likeness (QED) is 0.461. The van der Waals surface area contributed by atoms with Gasteiger partial charge in [0, 0.05) is 22.8 Å². The summed E-state index contributed by atoms with van der Waals surface area (Å²) in [6.45, 7) is 4.92. The summed E-state index contributed by atoms with van der Waals surface area (Å²) in [7, 11) is 0. The van der Waals surface area contributed by atoms with Crippen molar-refractivity contribution in [2.45, 2.75) is 25.5 Å². The highest BCUT2D eigenvalue weighted by Crippen LogP contribution is 2.26. The Kier molecular flexibility index (Phi) is 7.16. The van der Waals surface area contributed by atoms with Crippen LogP contribution in [0.5, 0.6) is 0 Å². The molecule has 5 nitrogen and oxygen atoms in total. The molecule has 1 aromatic heterocycles. The fourth-order valence-electron chi connectivity index (χ4n) is 2.64. The fraction of sp³-hybridized carbons (Fsp3) is 0.250. The number of aromatic nitrogens is 3. The van der Waals surface area contributed by atoms with E-state index < -0.39 is 5.82 Å². The molecule has 0 saturated heterocycles. The molecule has 3 rings (SSSR count). The number of rotatable bonds is 7. The topological polar surface area (TPSA) is 59.8 Å². The molecule has 0 aliphatic heterocycles. The van der Waals surface area contributed by atoms with Gasteiger partial charge in [-0.05, 0) is 48.4 Å². The van der Waals surface area contributed by atoms with Crippen molar-refractivity contribution in [3.05, 3.63) is 58.3 Å². The molecule has 1 N–H and O–H groups in total. The maximum atomic E-state index is 13.2. The molecule has 0 aliphatic rings. The number of carbonyl (C=O) groups is 1. The Bertz CT molecular complexity index is 1010. The van der Waals surface area contributed by atoms with E-state index in [0.29, 0.717) is 28.3 Å². The van der Waals surface area contributed by atoms with Crippen molar-refractivity contribution in [2.75, 3.05) is 11.1 Å². The Balaban J connectivity index is 1.73. The van der Waals surface area contributed by atoms with Crippen LogP contribution in [0.15, 0.2) is 47.6 Å². The van der Waals surface area contributed by atoms with Crippen molar-refractivity contribution in [2.24, 2.45) is 5.92 Å². The molecule has 0 aliphatic carbocycles. The van der Waals surface area contributed by atoms with Crippen molar-refractivity contribution in [1.29, 1.82) is 0 Å². The van der Waals surface area contributed by atoms with E-state index in [1.54, 1.807) is 12.1 Å². The van der Waals surface area contributed by atoms with Crippen molar-refractivity contribution >= 4 is 46.6 Å². The van der Waals surface area contributed by atoms with Crippen LogP contribution < -0.4 is 5.32 Å². The molecule has 0 spiro atoms. The number of nitrogens with one attached hydrogen (secondary N) is 1. The lowest BCUT2D eigenvalue weighted by Gasteiger charge is -2.12. The average molecular weight is 453 g/mol. The Morgan fingerprint density at radius 3 is 2.55 bits per heavy atom. The van der Waals surface area contributed by atoms with Gasteiger partial charge in [-0.1, -0.05) is 48.8 Å². The van der Waals surface area contributed by atoms with Gasteiger partial charge in [-0.15, -0.1) is 10.2 Å². The maximum Gasteiger partial charge on any atom is 0.234 e. The van der Waals surface area contributed by atoms with Crippen LogP contribution in [-0.2, 0) is 11.3 Å². The third-order valence-electron chi connectivity index (χ3n) is 3.90. The first-order chi connectivity index (χ1) is 13.8. The Morgan fingerprint density at radius 2 is 1.90 bits per heavy atom. The minimum Gasteiger partial charge on any atom is -0.325 e. The van der Waals surface area contributed by atoms with E-state index in [0.717, 1.165) is 11.4 Å². The van der Waals surface area contributed by atoms with Gasteiger partial charge in [0.05, 0.1) is 10.8 Å². The molecule has 2 aromatic carbocycles. The first-order valence-corrected chi connectivity index (χ1v) is 10.6. The predicted octanol–water partition coefficient (Wildman–Crippen LogP) is 5.78. The first kappa shape index (κ1) is 21.6. The number of amides is 1. The van der Waals surface area contributed by atoms with E-state index in [1.807, 2.05) is 16.7 Å². The second-order valence-electron chi connectivity index (χ2n) is 6.78. The number of carbonyl (C=O) groups excluding carboxylic acids is 1. The number of halogens is 3. The normalized spacial score (nSPS) is 11.1. The molecule has 0 saturated carbocycles. The molecule has 3 aromatic rings. The van der Waals surface area contributed by atoms with E-state index in [4.69, 9.17) is 23.2 Å². The van der Waals surface area contributed by atoms with Gasteiger partial charge in [0.2, 0.25) is 5.91 Å². The number of nitrogens with zero attached hydrogens (tertiary/aromatic N) is 3. The summed E-state index contributed by atoms with van der Waals surface area (Å²) in [6.07, 6.45) is 0. The van der Waals surface area contributed by atoms with Gasteiger partial charge in [0.25, 0.3) is 0 Å². The van der Waals surface area contributed by atoms with Crippen molar-refractivity contribution in [3.8, 4) is 11.4 Å². The number of hydrogen-bond donors (Lipinski definition) is 1. The van der Waals surface area contributed by atoms with Gasteiger partial charge in [0.1, 0.15) is 5.82 Å². The summed E-state index contributed by atoms with van der Waals surface area (Å²) in [5.74, 6) is 0.446. The number of hydrogen-bond acceptors (Lipinski definition) is 4. The zero-order valence-electron chi connectivity index (χ0n) is 15.8. The summed E-state index contributed by atoms with van der Waals surface area (Å²) in [4.78, 5) is 12.3. The van der Waals surface area contributed by atoms with Gasteiger partial charge in [-0.3, -0.25) is 4.79 Å². The Labute approximate surface area is 182 Å². The highest BCUT2D eigenvalue weighted by atomic mass is 35.5. The van der Waals surface area contributed by atoms with Crippen molar-refractivity contribution < 1.29 is 9.18 Å². The smallest absolute Gasteiger partial charge is 0.234 e. The van der Waals surface area contributed by atoms with Crippen LogP contribution in [0.2, 0.25) is 10.0 Å². The third kappa shape index (κ3) is 5.72. The molecule has 0 fully saturated rings. The van der Waals surface area contributed by atoms with Gasteiger partial charge < -0.3 is 9.88 Å². The molecule has 1 amide bonds. The van der Waals surface area contributed by atoms with E-state index in [9.17, 15) is 9.18 Å². The van der Waals surface area contributed by atoms with Crippen LogP contribution in [0.1, 0.15) is 13.8 Å². The molecule has 9 heteroatoms. The van der Waals surface area contributed by atoms with Crippen LogP contribution in [-0.4, -0.2) is 26.4 Å². The molecule has 0 atom stereocenters. The standard InChI is InChI=1S/C20H19Cl2FN4OS/c1-12(2)10-27-19(13-3-5-14(21)6-4-13)25-26-20(27)29-11-18(28)24-15-7-8-17(23)16(22)9-15/h3-9,12H,10-11H2,1-2H3,(H,24,28). The van der Waals surface area contributed by atoms with Gasteiger partial charge in [0.15, 0.2) is 11.0 Å². The lowest BCUT2D eigenvalue weighted by molar-refractivity contribution is -0.113. The predicted molar refractivity (Wildman–Crippen MR) is 116 cm³/mol. The summed E-state index contributed by atoms with van der Waals surface area (Å²) in [5, 5.41) is 12.5. The minimum atomic E-state index is -0.532. The van der Waals surface area contributed by atoms with Crippen molar-refractivity contribution in [3.63, 3.8) is 0 Å². The third-order valence-corrected chi connectivity index (χ3v) is 5.41. The number of anilines is 1. The summed E-state index contributed by atoms with van der Waals surface area (Å²) >= 11 is 13.0. The lowest BCUT2D eigenvalue weighted by atomic mass is 10.2. The van der Waals surface area contributed by atoms with E-state index >= 15 is 0 Å². The molecular formula is C20H19Cl2FN4OS. The lowest BCUT2D eigenvalue weighted by Crippen LogP contribution is -2.15. The van der Waals surface area contributed by atoms with Crippen molar-refractivity contribution in [1.82, 2.24) is 14.8 Å². The van der Waals surface area contributed by atoms with Gasteiger partial charge in [-0.2, -0.15) is 0 Å². The van der Waals surface area contributed by atoms with Crippen LogP contribution in [0.4, 0.5) is 10.1 Å².